The number of carbonyl (C=O) groups is 4. The van der Waals surface area contributed by atoms with Gasteiger partial charge in [-0.15, -0.1) is 0 Å². The molecule has 10 rings (SSSR count). The molecule has 4 heterocycles. The molecule has 0 atom stereocenters. The number of aromatic carboxylic acids is 1. The summed E-state index contributed by atoms with van der Waals surface area (Å²) in [6.45, 7) is 7.49. The number of carboxylic acids is 1. The van der Waals surface area contributed by atoms with Crippen molar-refractivity contribution in [3.63, 3.8) is 0 Å². The van der Waals surface area contributed by atoms with Gasteiger partial charge in [-0.1, -0.05) is 56.7 Å². The van der Waals surface area contributed by atoms with E-state index in [1.807, 2.05) is 36.1 Å². The Morgan fingerprint density at radius 2 is 1.03 bits per heavy atom. The fourth-order valence-electron chi connectivity index (χ4n) is 9.89. The summed E-state index contributed by atoms with van der Waals surface area (Å²) < 4.78 is 11.0. The lowest BCUT2D eigenvalue weighted by Crippen LogP contribution is -2.38. The summed E-state index contributed by atoms with van der Waals surface area (Å²) in [6.07, 6.45) is 14.6. The van der Waals surface area contributed by atoms with Gasteiger partial charge in [0.25, 0.3) is 17.7 Å². The predicted octanol–water partition coefficient (Wildman–Crippen LogP) is 11.2. The molecule has 66 heavy (non-hydrogen) atoms. The van der Waals surface area contributed by atoms with E-state index < -0.39 is 5.97 Å². The molecule has 4 aliphatic rings. The van der Waals surface area contributed by atoms with Crippen LogP contribution in [0.2, 0.25) is 0 Å². The van der Waals surface area contributed by atoms with Gasteiger partial charge in [-0.05, 0) is 172 Å². The van der Waals surface area contributed by atoms with Crippen LogP contribution in [-0.4, -0.2) is 74.0 Å². The molecule has 0 spiro atoms. The van der Waals surface area contributed by atoms with Gasteiger partial charge in [-0.3, -0.25) is 14.4 Å². The first kappa shape index (κ1) is 47.8. The summed E-state index contributed by atoms with van der Waals surface area (Å²) >= 11 is 0. The van der Waals surface area contributed by atoms with E-state index in [9.17, 15) is 19.2 Å². The summed E-state index contributed by atoms with van der Waals surface area (Å²) in [5.41, 5.74) is 10.4. The Labute approximate surface area is 388 Å². The summed E-state index contributed by atoms with van der Waals surface area (Å²) in [5.74, 6) is 0.710. The highest BCUT2D eigenvalue weighted by atomic mass is 16.4. The van der Waals surface area contributed by atoms with Gasteiger partial charge < -0.3 is 34.8 Å². The summed E-state index contributed by atoms with van der Waals surface area (Å²) in [6, 6.07) is 24.3. The molecule has 6 aromatic rings. The van der Waals surface area contributed by atoms with Crippen molar-refractivity contribution in [2.75, 3.05) is 40.3 Å². The number of hydrogen-bond acceptors (Lipinski definition) is 7. The summed E-state index contributed by atoms with van der Waals surface area (Å²) in [7, 11) is 3.21. The molecule has 11 nitrogen and oxygen atoms in total. The maximum Gasteiger partial charge on any atom is 0.335 e. The molecule has 2 aliphatic heterocycles. The van der Waals surface area contributed by atoms with Crippen molar-refractivity contribution < 1.29 is 33.1 Å². The Bertz CT molecular complexity index is 2670. The molecule has 4 fully saturated rings. The molecule has 2 saturated carbocycles. The second-order valence-electron chi connectivity index (χ2n) is 18.3. The molecular formula is C55H66N4O7. The molecule has 0 bridgehead atoms. The van der Waals surface area contributed by atoms with Crippen LogP contribution in [0.5, 0.6) is 0 Å². The molecule has 11 heteroatoms. The van der Waals surface area contributed by atoms with Crippen molar-refractivity contribution in [2.45, 2.75) is 109 Å². The molecule has 4 aromatic carbocycles. The number of carboxylic acid groups (broad SMARTS) is 1. The van der Waals surface area contributed by atoms with Crippen LogP contribution in [0.3, 0.4) is 0 Å². The van der Waals surface area contributed by atoms with Gasteiger partial charge in [0, 0.05) is 54.6 Å². The van der Waals surface area contributed by atoms with Crippen molar-refractivity contribution in [2.24, 2.45) is 0 Å². The Morgan fingerprint density at radius 1 is 0.576 bits per heavy atom. The first-order valence-corrected chi connectivity index (χ1v) is 23.4. The second-order valence-corrected chi connectivity index (χ2v) is 18.3. The lowest BCUT2D eigenvalue weighted by atomic mass is 9.77. The van der Waals surface area contributed by atoms with E-state index in [2.05, 4.69) is 58.4 Å². The lowest BCUT2D eigenvalue weighted by Gasteiger charge is -2.33. The Hall–Kier alpha value is -6.20. The van der Waals surface area contributed by atoms with E-state index in [0.717, 1.165) is 104 Å². The first-order chi connectivity index (χ1) is 31.5. The minimum atomic E-state index is -0.988. The highest BCUT2D eigenvalue weighted by molar-refractivity contribution is 6.02. The molecular weight excluding hydrogens is 829 g/mol. The summed E-state index contributed by atoms with van der Waals surface area (Å²) in [5, 5.41) is 20.2. The predicted molar refractivity (Wildman–Crippen MR) is 261 cm³/mol. The number of nitrogens with zero attached hydrogens (tertiary/aromatic N) is 1. The number of piperidine rings is 2. The second kappa shape index (κ2) is 21.4. The van der Waals surface area contributed by atoms with E-state index in [0.29, 0.717) is 40.4 Å². The maximum atomic E-state index is 13.4. The Kier molecular flexibility index (Phi) is 15.5. The van der Waals surface area contributed by atoms with Crippen LogP contribution in [0.15, 0.2) is 94.2 Å². The van der Waals surface area contributed by atoms with Crippen molar-refractivity contribution >= 4 is 45.6 Å². The fourth-order valence-corrected chi connectivity index (χ4v) is 9.89. The van der Waals surface area contributed by atoms with Gasteiger partial charge in [0.2, 0.25) is 0 Å². The normalized spacial score (nSPS) is 16.7. The quantitative estimate of drug-likeness (QED) is 0.118. The maximum absolute atomic E-state index is 13.4. The average Bonchev–Trinajstić information content (AvgIpc) is 3.98. The topological polar surface area (TPSA) is 154 Å². The van der Waals surface area contributed by atoms with E-state index in [-0.39, 0.29) is 30.7 Å². The zero-order valence-corrected chi connectivity index (χ0v) is 38.1. The van der Waals surface area contributed by atoms with E-state index in [1.54, 1.807) is 33.5 Å². The van der Waals surface area contributed by atoms with Crippen LogP contribution in [0.4, 0.5) is 0 Å². The molecule has 3 amide bonds. The number of hydrogen-bond donors (Lipinski definition) is 4. The smallest absolute Gasteiger partial charge is 0.335 e. The van der Waals surface area contributed by atoms with Crippen molar-refractivity contribution in [1.82, 2.24) is 20.9 Å². The molecule has 2 saturated heterocycles. The highest BCUT2D eigenvalue weighted by Crippen LogP contribution is 2.41. The fraction of sp³-hybridized carbons (Fsp3) is 0.418. The van der Waals surface area contributed by atoms with Crippen LogP contribution < -0.4 is 16.0 Å². The highest BCUT2D eigenvalue weighted by Gasteiger charge is 2.30. The molecule has 348 valence electrons. The van der Waals surface area contributed by atoms with Crippen molar-refractivity contribution in [1.29, 1.82) is 0 Å². The number of rotatable bonds is 8. The SMILES string of the molecule is C.CNC(=O)c1cc(C(=O)N2CCC(c3ccc4ccoc4c3)CC2)c(C)cc1C1CCC1.CNC(=O)c1cc(C(=O)O)c(C)cc1C1CCC1.c1cc2ccc(C3CCNCC3)cc2o1. The van der Waals surface area contributed by atoms with Crippen LogP contribution in [0.1, 0.15) is 170 Å². The van der Waals surface area contributed by atoms with E-state index in [1.165, 1.54) is 48.3 Å². The van der Waals surface area contributed by atoms with Crippen LogP contribution in [0.25, 0.3) is 21.9 Å². The number of benzene rings is 4. The minimum Gasteiger partial charge on any atom is -0.478 e. The van der Waals surface area contributed by atoms with Crippen LogP contribution in [0, 0.1) is 13.8 Å². The monoisotopic (exact) mass is 894 g/mol. The number of carbonyl (C=O) groups excluding carboxylic acids is 3. The van der Waals surface area contributed by atoms with Crippen LogP contribution in [-0.2, 0) is 0 Å². The number of likely N-dealkylation sites (tertiary alicyclic amines) is 1. The number of furan rings is 2. The van der Waals surface area contributed by atoms with Crippen molar-refractivity contribution in [3.05, 3.63) is 141 Å². The lowest BCUT2D eigenvalue weighted by molar-refractivity contribution is 0.0691. The Morgan fingerprint density at radius 3 is 1.47 bits per heavy atom. The standard InChI is InChI=1S/C27H30N2O3.C14H17NO3.C13H15NO.CH4/c1-17-14-23(19-4-3-5-19)24(26(30)28-2)16-22(17)27(31)29-11-8-18(9-12-29)21-7-6-20-10-13-32-25(20)15-21;1-8-6-11(9-4-3-5-9)12(13(16)15-2)7-10(8)14(17)18;1-2-12(10-3-6-14-7-4-10)9-13-11(1)5-8-15-13;/h6-7,10,13-16,18-19H,3-5,8-9,11-12H2,1-2H3,(H,28,30);6-7,9H,3-5H2,1-2H3,(H,15,16)(H,17,18);1-2,5,8-10,14H,3-4,6-7H2;1H4. The van der Waals surface area contributed by atoms with E-state index >= 15 is 0 Å². The first-order valence-electron chi connectivity index (χ1n) is 23.4. The number of amides is 3. The van der Waals surface area contributed by atoms with E-state index in [4.69, 9.17) is 13.9 Å². The molecule has 0 radical (unpaired) electrons. The molecule has 2 aromatic heterocycles. The third-order valence-electron chi connectivity index (χ3n) is 14.3. The number of fused-ring (bicyclic) bond motifs is 2. The average molecular weight is 895 g/mol. The Balaban J connectivity index is 0.000000161. The molecule has 2 aliphatic carbocycles. The van der Waals surface area contributed by atoms with Gasteiger partial charge in [0.15, 0.2) is 0 Å². The zero-order valence-electron chi connectivity index (χ0n) is 38.1. The largest absolute Gasteiger partial charge is 0.478 e. The zero-order chi connectivity index (χ0) is 45.6. The van der Waals surface area contributed by atoms with Gasteiger partial charge in [-0.25, -0.2) is 4.79 Å². The number of aryl methyl sites for hydroxylation is 2. The third-order valence-corrected chi connectivity index (χ3v) is 14.3. The van der Waals surface area contributed by atoms with Gasteiger partial charge >= 0.3 is 5.97 Å². The molecule has 4 N–H and O–H groups in total. The van der Waals surface area contributed by atoms with Gasteiger partial charge in [0.05, 0.1) is 18.1 Å². The minimum absolute atomic E-state index is 0. The van der Waals surface area contributed by atoms with Crippen molar-refractivity contribution in [3.8, 4) is 0 Å². The third kappa shape index (κ3) is 10.4. The van der Waals surface area contributed by atoms with Gasteiger partial charge in [0.1, 0.15) is 11.2 Å². The molecule has 0 unspecified atom stereocenters. The number of nitrogens with one attached hydrogen (secondary N) is 3. The van der Waals surface area contributed by atoms with Crippen LogP contribution >= 0.6 is 0 Å². The summed E-state index contributed by atoms with van der Waals surface area (Å²) in [4.78, 5) is 50.9. The van der Waals surface area contributed by atoms with Gasteiger partial charge in [-0.2, -0.15) is 0 Å².